The summed E-state index contributed by atoms with van der Waals surface area (Å²) in [5.41, 5.74) is 0. The molecular weight excluding hydrogens is 286 g/mol. The predicted molar refractivity (Wildman–Crippen MR) is 88.6 cm³/mol. The van der Waals surface area contributed by atoms with Crippen LogP contribution in [0.5, 0.6) is 0 Å². The van der Waals surface area contributed by atoms with Crippen molar-refractivity contribution in [2.24, 2.45) is 11.8 Å². The fraction of sp³-hybridized carbons (Fsp3) is 0.867. The van der Waals surface area contributed by atoms with Crippen molar-refractivity contribution in [2.75, 3.05) is 6.54 Å². The maximum atomic E-state index is 4.63. The van der Waals surface area contributed by atoms with E-state index in [2.05, 4.69) is 42.4 Å². The molecule has 0 spiro atoms. The lowest BCUT2D eigenvalue weighted by Crippen LogP contribution is -2.46. The molecule has 0 bridgehead atoms. The average Bonchev–Trinajstić information content (AvgIpc) is 2.87. The maximum absolute atomic E-state index is 4.63. The monoisotopic (exact) mass is 313 g/mol. The Bertz CT molecular complexity index is 408. The van der Waals surface area contributed by atoms with Crippen LogP contribution in [-0.2, 0) is 6.42 Å². The van der Waals surface area contributed by atoms with Gasteiger partial charge in [0.25, 0.3) is 0 Å². The highest BCUT2D eigenvalue weighted by Crippen LogP contribution is 2.40. The molecule has 3 nitrogen and oxygen atoms in total. The SMILES string of the molecule is CCCNC1CC(C)CC(C)C1Sc1nc(CC)ns1. The number of hydrogen-bond acceptors (Lipinski definition) is 5. The predicted octanol–water partition coefficient (Wildman–Crippen LogP) is 4.00. The van der Waals surface area contributed by atoms with Crippen molar-refractivity contribution in [3.05, 3.63) is 5.82 Å². The Kier molecular flexibility index (Phi) is 6.30. The fourth-order valence-corrected chi connectivity index (χ4v) is 5.33. The van der Waals surface area contributed by atoms with Gasteiger partial charge >= 0.3 is 0 Å². The number of aromatic nitrogens is 2. The minimum atomic E-state index is 0.618. The van der Waals surface area contributed by atoms with Gasteiger partial charge < -0.3 is 5.32 Å². The van der Waals surface area contributed by atoms with E-state index in [0.717, 1.165) is 35.0 Å². The van der Waals surface area contributed by atoms with Crippen molar-refractivity contribution in [3.8, 4) is 0 Å². The van der Waals surface area contributed by atoms with Gasteiger partial charge in [-0.25, -0.2) is 4.98 Å². The highest BCUT2D eigenvalue weighted by atomic mass is 32.2. The minimum Gasteiger partial charge on any atom is -0.313 e. The van der Waals surface area contributed by atoms with E-state index < -0.39 is 0 Å². The third-order valence-corrected chi connectivity index (χ3v) is 6.47. The smallest absolute Gasteiger partial charge is 0.170 e. The van der Waals surface area contributed by atoms with Crippen LogP contribution in [0.25, 0.3) is 0 Å². The Morgan fingerprint density at radius 1 is 1.30 bits per heavy atom. The Balaban J connectivity index is 2.03. The number of aryl methyl sites for hydroxylation is 1. The van der Waals surface area contributed by atoms with Crippen molar-refractivity contribution in [1.82, 2.24) is 14.7 Å². The van der Waals surface area contributed by atoms with Crippen LogP contribution in [0.2, 0.25) is 0 Å². The lowest BCUT2D eigenvalue weighted by atomic mass is 9.80. The highest BCUT2D eigenvalue weighted by Gasteiger charge is 2.35. The van der Waals surface area contributed by atoms with Gasteiger partial charge in [0.15, 0.2) is 4.34 Å². The van der Waals surface area contributed by atoms with Crippen LogP contribution >= 0.6 is 23.3 Å². The first kappa shape index (κ1) is 16.2. The van der Waals surface area contributed by atoms with Gasteiger partial charge in [0.2, 0.25) is 0 Å². The molecule has 2 rings (SSSR count). The summed E-state index contributed by atoms with van der Waals surface area (Å²) in [6.45, 7) is 10.3. The van der Waals surface area contributed by atoms with Gasteiger partial charge in [-0.1, -0.05) is 39.5 Å². The molecule has 5 heteroatoms. The largest absolute Gasteiger partial charge is 0.313 e. The summed E-state index contributed by atoms with van der Waals surface area (Å²) < 4.78 is 5.57. The van der Waals surface area contributed by atoms with Crippen molar-refractivity contribution in [1.29, 1.82) is 0 Å². The lowest BCUT2D eigenvalue weighted by Gasteiger charge is -2.39. The zero-order valence-electron chi connectivity index (χ0n) is 13.1. The molecule has 1 N–H and O–H groups in total. The fourth-order valence-electron chi connectivity index (χ4n) is 3.10. The molecule has 0 saturated heterocycles. The second-order valence-corrected chi connectivity index (χ2v) is 8.20. The third kappa shape index (κ3) is 4.18. The number of nitrogens with zero attached hydrogens (tertiary/aromatic N) is 2. The molecule has 1 aromatic heterocycles. The number of rotatable bonds is 6. The zero-order valence-corrected chi connectivity index (χ0v) is 14.7. The molecule has 0 amide bonds. The topological polar surface area (TPSA) is 37.8 Å². The van der Waals surface area contributed by atoms with E-state index in [-0.39, 0.29) is 0 Å². The van der Waals surface area contributed by atoms with E-state index >= 15 is 0 Å². The van der Waals surface area contributed by atoms with Crippen molar-refractivity contribution in [2.45, 2.75) is 69.0 Å². The van der Waals surface area contributed by atoms with Crippen molar-refractivity contribution in [3.63, 3.8) is 0 Å². The first-order chi connectivity index (χ1) is 9.63. The number of thioether (sulfide) groups is 1. The van der Waals surface area contributed by atoms with Crippen LogP contribution in [0.15, 0.2) is 4.34 Å². The van der Waals surface area contributed by atoms with Crippen LogP contribution in [0, 0.1) is 11.8 Å². The summed E-state index contributed by atoms with van der Waals surface area (Å²) in [4.78, 5) is 4.63. The highest BCUT2D eigenvalue weighted by molar-refractivity contribution is 8.01. The third-order valence-electron chi connectivity index (χ3n) is 4.05. The van der Waals surface area contributed by atoms with Crippen LogP contribution in [0.3, 0.4) is 0 Å². The summed E-state index contributed by atoms with van der Waals surface area (Å²) in [6.07, 6.45) is 4.77. The van der Waals surface area contributed by atoms with Crippen LogP contribution in [0.4, 0.5) is 0 Å². The second-order valence-electron chi connectivity index (χ2n) is 6.03. The molecule has 4 unspecified atom stereocenters. The van der Waals surface area contributed by atoms with E-state index in [0.29, 0.717) is 11.3 Å². The molecule has 1 saturated carbocycles. The molecule has 1 aliphatic rings. The lowest BCUT2D eigenvalue weighted by molar-refractivity contribution is 0.249. The number of nitrogens with one attached hydrogen (secondary N) is 1. The average molecular weight is 314 g/mol. The van der Waals surface area contributed by atoms with Gasteiger partial charge in [-0.15, -0.1) is 0 Å². The molecule has 1 heterocycles. The Hall–Kier alpha value is -0.130. The normalized spacial score (nSPS) is 30.6. The van der Waals surface area contributed by atoms with E-state index in [4.69, 9.17) is 0 Å². The Morgan fingerprint density at radius 3 is 2.75 bits per heavy atom. The van der Waals surface area contributed by atoms with E-state index in [9.17, 15) is 0 Å². The quantitative estimate of drug-likeness (QED) is 0.861. The molecule has 4 atom stereocenters. The van der Waals surface area contributed by atoms with E-state index in [1.54, 1.807) is 11.5 Å². The van der Waals surface area contributed by atoms with E-state index in [1.165, 1.54) is 19.3 Å². The van der Waals surface area contributed by atoms with E-state index in [1.807, 2.05) is 11.8 Å². The molecule has 1 aliphatic carbocycles. The van der Waals surface area contributed by atoms with Crippen molar-refractivity contribution >= 4 is 23.3 Å². The van der Waals surface area contributed by atoms with Crippen LogP contribution in [0.1, 0.15) is 52.8 Å². The van der Waals surface area contributed by atoms with Gasteiger partial charge in [0, 0.05) is 17.7 Å². The maximum Gasteiger partial charge on any atom is 0.170 e. The minimum absolute atomic E-state index is 0.618. The van der Waals surface area contributed by atoms with Gasteiger partial charge in [-0.2, -0.15) is 4.37 Å². The molecule has 0 radical (unpaired) electrons. The zero-order chi connectivity index (χ0) is 14.5. The summed E-state index contributed by atoms with van der Waals surface area (Å²) in [5, 5.41) is 4.39. The Labute approximate surface area is 131 Å². The summed E-state index contributed by atoms with van der Waals surface area (Å²) in [5.74, 6) is 2.57. The van der Waals surface area contributed by atoms with Crippen molar-refractivity contribution < 1.29 is 0 Å². The second kappa shape index (κ2) is 7.76. The van der Waals surface area contributed by atoms with Gasteiger partial charge in [-0.05, 0) is 49.2 Å². The standard InChI is InChI=1S/C15H27N3S2/c1-5-7-16-12-9-10(3)8-11(4)14(12)19-15-17-13(6-2)18-20-15/h10-12,14,16H,5-9H2,1-4H3. The van der Waals surface area contributed by atoms with Gasteiger partial charge in [0.1, 0.15) is 5.82 Å². The number of hydrogen-bond donors (Lipinski definition) is 1. The van der Waals surface area contributed by atoms with Gasteiger partial charge in [-0.3, -0.25) is 0 Å². The molecule has 0 aromatic carbocycles. The first-order valence-electron chi connectivity index (χ1n) is 7.86. The summed E-state index contributed by atoms with van der Waals surface area (Å²) in [7, 11) is 0. The summed E-state index contributed by atoms with van der Waals surface area (Å²) >= 11 is 3.52. The first-order valence-corrected chi connectivity index (χ1v) is 9.51. The molecule has 1 fully saturated rings. The molecule has 0 aliphatic heterocycles. The summed E-state index contributed by atoms with van der Waals surface area (Å²) in [6, 6.07) is 0.618. The molecule has 114 valence electrons. The molecular formula is C15H27N3S2. The van der Waals surface area contributed by atoms with Crippen LogP contribution < -0.4 is 5.32 Å². The van der Waals surface area contributed by atoms with Gasteiger partial charge in [0.05, 0.1) is 0 Å². The molecule has 20 heavy (non-hydrogen) atoms. The van der Waals surface area contributed by atoms with Crippen LogP contribution in [-0.4, -0.2) is 27.2 Å². The molecule has 1 aromatic rings. The Morgan fingerprint density at radius 2 is 2.10 bits per heavy atom.